The third kappa shape index (κ3) is 4.67. The van der Waals surface area contributed by atoms with Gasteiger partial charge >= 0.3 is 0 Å². The molecule has 9 nitrogen and oxygen atoms in total. The topological polar surface area (TPSA) is 119 Å². The Bertz CT molecular complexity index is 1400. The fraction of sp³-hybridized carbons (Fsp3) is 0.174. The van der Waals surface area contributed by atoms with E-state index in [4.69, 9.17) is 16.3 Å². The highest BCUT2D eigenvalue weighted by Gasteiger charge is 2.24. The van der Waals surface area contributed by atoms with Crippen molar-refractivity contribution in [3.05, 3.63) is 76.5 Å². The van der Waals surface area contributed by atoms with Crippen molar-refractivity contribution in [2.75, 3.05) is 23.8 Å². The van der Waals surface area contributed by atoms with Crippen molar-refractivity contribution in [2.45, 2.75) is 12.5 Å². The van der Waals surface area contributed by atoms with Gasteiger partial charge in [-0.1, -0.05) is 17.7 Å². The lowest BCUT2D eigenvalue weighted by Gasteiger charge is -2.26. The Morgan fingerprint density at radius 1 is 1.17 bits per heavy atom. The van der Waals surface area contributed by atoms with Crippen LogP contribution in [0.2, 0.25) is 5.02 Å². The molecule has 0 saturated heterocycles. The fourth-order valence-electron chi connectivity index (χ4n) is 3.95. The van der Waals surface area contributed by atoms with Crippen molar-refractivity contribution < 1.29 is 13.5 Å². The third-order valence-corrected chi connectivity index (χ3v) is 5.90. The molecular formula is C23H19ClF2N8O. The maximum Gasteiger partial charge on any atom is 0.249 e. The summed E-state index contributed by atoms with van der Waals surface area (Å²) in [4.78, 5) is 7.73. The molecule has 2 aliphatic rings. The van der Waals surface area contributed by atoms with Crippen LogP contribution in [0.3, 0.4) is 0 Å². The first kappa shape index (κ1) is 22.8. The second-order valence-corrected chi connectivity index (χ2v) is 8.22. The predicted molar refractivity (Wildman–Crippen MR) is 127 cm³/mol. The molecule has 178 valence electrons. The summed E-state index contributed by atoms with van der Waals surface area (Å²) < 4.78 is 32.5. The molecule has 0 saturated carbocycles. The van der Waals surface area contributed by atoms with Gasteiger partial charge in [-0.15, -0.1) is 0 Å². The standard InChI is InChI=1S/C23H19ClF2N8O/c24-17-6-14(31-21(19-11-30-34-33-19)12-1-3-35-4-2-12)5-16-20(13(8-27)9-28-22(16)17)32-15-7-18(25)23(26)29-10-15/h1,5-7,9-11,21,30-31,33-34H,2-4H2,(H,28,32)/t21-/m0/s1. The van der Waals surface area contributed by atoms with Gasteiger partial charge in [0.1, 0.15) is 6.07 Å². The zero-order valence-corrected chi connectivity index (χ0v) is 18.9. The van der Waals surface area contributed by atoms with Gasteiger partial charge < -0.3 is 26.2 Å². The van der Waals surface area contributed by atoms with Crippen LogP contribution in [0, 0.1) is 23.1 Å². The first-order chi connectivity index (χ1) is 17.0. The summed E-state index contributed by atoms with van der Waals surface area (Å²) in [5, 5.41) is 17.0. The van der Waals surface area contributed by atoms with Crippen LogP contribution in [0.4, 0.5) is 25.8 Å². The second-order valence-electron chi connectivity index (χ2n) is 7.81. The number of hydrogen-bond acceptors (Lipinski definition) is 9. The van der Waals surface area contributed by atoms with E-state index in [2.05, 4.69) is 43.1 Å². The second kappa shape index (κ2) is 9.71. The molecule has 4 heterocycles. The molecule has 0 unspecified atom stereocenters. The number of hydrogen-bond donors (Lipinski definition) is 5. The monoisotopic (exact) mass is 496 g/mol. The van der Waals surface area contributed by atoms with Gasteiger partial charge in [-0.25, -0.2) is 9.37 Å². The zero-order valence-electron chi connectivity index (χ0n) is 18.1. The molecule has 2 aliphatic heterocycles. The fourth-order valence-corrected chi connectivity index (χ4v) is 4.22. The Morgan fingerprint density at radius 3 is 2.77 bits per heavy atom. The van der Waals surface area contributed by atoms with E-state index >= 15 is 0 Å². The summed E-state index contributed by atoms with van der Waals surface area (Å²) in [6, 6.07) is 6.37. The summed E-state index contributed by atoms with van der Waals surface area (Å²) in [6.07, 6.45) is 7.10. The van der Waals surface area contributed by atoms with Gasteiger partial charge in [0.2, 0.25) is 5.95 Å². The van der Waals surface area contributed by atoms with Crippen molar-refractivity contribution in [1.82, 2.24) is 26.4 Å². The molecule has 0 spiro atoms. The first-order valence-electron chi connectivity index (χ1n) is 10.6. The van der Waals surface area contributed by atoms with E-state index in [9.17, 15) is 14.0 Å². The molecule has 1 atom stereocenters. The molecule has 0 bridgehead atoms. The molecule has 5 N–H and O–H groups in total. The number of nitrogens with one attached hydrogen (secondary N) is 5. The van der Waals surface area contributed by atoms with E-state index < -0.39 is 11.8 Å². The lowest BCUT2D eigenvalue weighted by molar-refractivity contribution is 0.153. The average Bonchev–Trinajstić information content (AvgIpc) is 3.40. The minimum atomic E-state index is -1.21. The highest BCUT2D eigenvalue weighted by Crippen LogP contribution is 2.36. The number of nitrogens with zero attached hydrogens (tertiary/aromatic N) is 3. The van der Waals surface area contributed by atoms with E-state index in [-0.39, 0.29) is 17.3 Å². The summed E-state index contributed by atoms with van der Waals surface area (Å²) in [7, 11) is 0. The predicted octanol–water partition coefficient (Wildman–Crippen LogP) is 3.76. The Hall–Kier alpha value is -3.98. The van der Waals surface area contributed by atoms with Gasteiger partial charge in [0.15, 0.2) is 5.82 Å². The maximum atomic E-state index is 13.8. The lowest BCUT2D eigenvalue weighted by atomic mass is 9.99. The molecule has 0 fully saturated rings. The van der Waals surface area contributed by atoms with Crippen LogP contribution in [-0.2, 0) is 4.74 Å². The minimum Gasteiger partial charge on any atom is -0.377 e. The van der Waals surface area contributed by atoms with E-state index in [1.54, 1.807) is 12.1 Å². The van der Waals surface area contributed by atoms with Gasteiger partial charge in [0.05, 0.1) is 58.6 Å². The van der Waals surface area contributed by atoms with Crippen molar-refractivity contribution in [3.63, 3.8) is 0 Å². The summed E-state index contributed by atoms with van der Waals surface area (Å²) in [5.41, 5.74) is 12.7. The normalized spacial score (nSPS) is 15.9. The molecular weight excluding hydrogens is 478 g/mol. The number of halogens is 3. The van der Waals surface area contributed by atoms with Gasteiger partial charge in [-0.3, -0.25) is 4.98 Å². The molecule has 3 aromatic rings. The molecule has 5 rings (SSSR count). The number of aromatic nitrogens is 2. The van der Waals surface area contributed by atoms with Crippen molar-refractivity contribution in [1.29, 1.82) is 5.26 Å². The quantitative estimate of drug-likeness (QED) is 0.257. The van der Waals surface area contributed by atoms with Crippen LogP contribution in [0.1, 0.15) is 12.0 Å². The van der Waals surface area contributed by atoms with Crippen LogP contribution < -0.4 is 27.0 Å². The molecule has 35 heavy (non-hydrogen) atoms. The number of rotatable bonds is 6. The summed E-state index contributed by atoms with van der Waals surface area (Å²) >= 11 is 6.58. The number of ether oxygens (including phenoxy) is 1. The highest BCUT2D eigenvalue weighted by atomic mass is 35.5. The molecule has 0 radical (unpaired) electrons. The number of anilines is 3. The van der Waals surface area contributed by atoms with Gasteiger partial charge in [0.25, 0.3) is 0 Å². The van der Waals surface area contributed by atoms with E-state index in [0.29, 0.717) is 40.5 Å². The van der Waals surface area contributed by atoms with Crippen LogP contribution in [0.15, 0.2) is 54.1 Å². The largest absolute Gasteiger partial charge is 0.377 e. The Balaban J connectivity index is 1.58. The Labute approximate surface area is 203 Å². The van der Waals surface area contributed by atoms with Gasteiger partial charge in [-0.05, 0) is 24.1 Å². The molecule has 0 aliphatic carbocycles. The van der Waals surface area contributed by atoms with Crippen LogP contribution in [0.5, 0.6) is 0 Å². The maximum absolute atomic E-state index is 13.8. The minimum absolute atomic E-state index is 0.171. The molecule has 2 aromatic heterocycles. The zero-order chi connectivity index (χ0) is 24.4. The van der Waals surface area contributed by atoms with Crippen LogP contribution in [-0.4, -0.2) is 29.2 Å². The van der Waals surface area contributed by atoms with E-state index in [1.165, 1.54) is 6.20 Å². The Morgan fingerprint density at radius 2 is 2.06 bits per heavy atom. The molecule has 0 amide bonds. The lowest BCUT2D eigenvalue weighted by Crippen LogP contribution is -2.38. The van der Waals surface area contributed by atoms with E-state index in [1.807, 2.05) is 12.3 Å². The number of hydrazine groups is 2. The van der Waals surface area contributed by atoms with Gasteiger partial charge in [0, 0.05) is 29.5 Å². The van der Waals surface area contributed by atoms with E-state index in [0.717, 1.165) is 30.0 Å². The van der Waals surface area contributed by atoms with Crippen LogP contribution >= 0.6 is 11.6 Å². The van der Waals surface area contributed by atoms with Crippen LogP contribution in [0.25, 0.3) is 10.9 Å². The summed E-state index contributed by atoms with van der Waals surface area (Å²) in [5.74, 6) is -2.32. The molecule has 12 heteroatoms. The number of benzene rings is 1. The third-order valence-electron chi connectivity index (χ3n) is 5.61. The van der Waals surface area contributed by atoms with Crippen molar-refractivity contribution >= 4 is 39.6 Å². The van der Waals surface area contributed by atoms with Gasteiger partial charge in [-0.2, -0.15) is 15.2 Å². The average molecular weight is 497 g/mol. The van der Waals surface area contributed by atoms with Crippen molar-refractivity contribution in [3.8, 4) is 6.07 Å². The number of nitriles is 1. The smallest absolute Gasteiger partial charge is 0.249 e. The highest BCUT2D eigenvalue weighted by molar-refractivity contribution is 6.36. The number of fused-ring (bicyclic) bond motifs is 1. The first-order valence-corrected chi connectivity index (χ1v) is 11.0. The number of pyridine rings is 2. The van der Waals surface area contributed by atoms with Crippen molar-refractivity contribution in [2.24, 2.45) is 0 Å². The SMILES string of the molecule is N#Cc1cnc2c(Cl)cc(N[C@@H](C3=CCOCC3)C3=CNNN3)cc2c1Nc1cnc(F)c(F)c1. The Kier molecular flexibility index (Phi) is 6.33. The molecule has 1 aromatic carbocycles. The summed E-state index contributed by atoms with van der Waals surface area (Å²) in [6.45, 7) is 1.13.